The van der Waals surface area contributed by atoms with Crippen LogP contribution in [-0.2, 0) is 30.9 Å². The van der Waals surface area contributed by atoms with E-state index in [1.54, 1.807) is 12.1 Å². The van der Waals surface area contributed by atoms with Crippen LogP contribution in [0.1, 0.15) is 25.0 Å². The van der Waals surface area contributed by atoms with Gasteiger partial charge in [0.1, 0.15) is 8.42 Å². The van der Waals surface area contributed by atoms with E-state index in [4.69, 9.17) is 21.4 Å². The first-order chi connectivity index (χ1) is 16.0. The van der Waals surface area contributed by atoms with Crippen LogP contribution in [0.15, 0.2) is 81.2 Å². The molecule has 0 radical (unpaired) electrons. The molecule has 0 saturated carbocycles. The maximum Gasteiger partial charge on any atom is 0.270 e. The highest BCUT2D eigenvalue weighted by Crippen LogP contribution is 2.33. The van der Waals surface area contributed by atoms with Gasteiger partial charge in [-0.25, -0.2) is 16.8 Å². The van der Waals surface area contributed by atoms with Gasteiger partial charge in [0.15, 0.2) is 0 Å². The Balaban J connectivity index is 0.000000191. The van der Waals surface area contributed by atoms with E-state index >= 15 is 0 Å². The van der Waals surface area contributed by atoms with Crippen LogP contribution >= 0.6 is 44.0 Å². The fourth-order valence-corrected chi connectivity index (χ4v) is 7.18. The Morgan fingerprint density at radius 1 is 0.559 bits per heavy atom. The van der Waals surface area contributed by atoms with Crippen LogP contribution in [0, 0.1) is 0 Å². The van der Waals surface area contributed by atoms with Gasteiger partial charge in [-0.05, 0) is 59.4 Å². The van der Waals surface area contributed by atoms with E-state index in [0.29, 0.717) is 0 Å². The van der Waals surface area contributed by atoms with Gasteiger partial charge in [-0.1, -0.05) is 62.4 Å². The number of hydrogen-bond acceptors (Lipinski definition) is 6. The number of aryl methyl sites for hydroxylation is 2. The molecule has 4 nitrogen and oxygen atoms in total. The van der Waals surface area contributed by atoms with Crippen molar-refractivity contribution in [3.63, 3.8) is 0 Å². The van der Waals surface area contributed by atoms with Gasteiger partial charge in [0.25, 0.3) is 18.1 Å². The summed E-state index contributed by atoms with van der Waals surface area (Å²) in [6.07, 6.45) is 1.98. The van der Waals surface area contributed by atoms with E-state index in [2.05, 4.69) is 13.8 Å². The molecule has 0 amide bonds. The summed E-state index contributed by atoms with van der Waals surface area (Å²) in [6.45, 7) is 4.19. The highest BCUT2D eigenvalue weighted by Gasteiger charge is 2.14. The van der Waals surface area contributed by atoms with Gasteiger partial charge in [-0.2, -0.15) is 0 Å². The van der Waals surface area contributed by atoms with Crippen LogP contribution < -0.4 is 0 Å². The lowest BCUT2D eigenvalue weighted by Crippen LogP contribution is -1.83. The van der Waals surface area contributed by atoms with Gasteiger partial charge < -0.3 is 0 Å². The summed E-state index contributed by atoms with van der Waals surface area (Å²) in [6, 6.07) is 22.8. The van der Waals surface area contributed by atoms with Crippen molar-refractivity contribution >= 4 is 62.1 Å². The standard InChI is InChI=1S/2C12H11ClO2S2/c2*1-2-9-3-5-10(6-4-9)11-7-8-12(16-11)17(13,14)15/h2*3-8H,2H2,1H3. The lowest BCUT2D eigenvalue weighted by atomic mass is 10.1. The van der Waals surface area contributed by atoms with Gasteiger partial charge in [0.05, 0.1) is 0 Å². The molecular formula is C24H22Cl2O4S4. The number of rotatable bonds is 6. The van der Waals surface area contributed by atoms with Crippen LogP contribution in [0.25, 0.3) is 20.9 Å². The average Bonchev–Trinajstić information content (AvgIpc) is 3.50. The van der Waals surface area contributed by atoms with E-state index in [1.807, 2.05) is 48.5 Å². The Kier molecular flexibility index (Phi) is 9.00. The summed E-state index contributed by atoms with van der Waals surface area (Å²) in [4.78, 5) is 1.82. The van der Waals surface area contributed by atoms with Crippen molar-refractivity contribution < 1.29 is 16.8 Å². The van der Waals surface area contributed by atoms with Crippen molar-refractivity contribution in [2.24, 2.45) is 0 Å². The fraction of sp³-hybridized carbons (Fsp3) is 0.167. The Morgan fingerprint density at radius 3 is 1.12 bits per heavy atom. The monoisotopic (exact) mass is 572 g/mol. The summed E-state index contributed by atoms with van der Waals surface area (Å²) >= 11 is 2.37. The molecule has 0 aliphatic carbocycles. The minimum atomic E-state index is -3.61. The van der Waals surface area contributed by atoms with Crippen LogP contribution in [0.3, 0.4) is 0 Å². The van der Waals surface area contributed by atoms with Gasteiger partial charge in [-0.15, -0.1) is 22.7 Å². The zero-order chi connectivity index (χ0) is 24.9. The maximum atomic E-state index is 11.2. The van der Waals surface area contributed by atoms with Crippen LogP contribution in [0.4, 0.5) is 0 Å². The molecule has 0 unspecified atom stereocenters. The van der Waals surface area contributed by atoms with Gasteiger partial charge in [0.2, 0.25) is 0 Å². The molecule has 0 atom stereocenters. The second-order valence-corrected chi connectivity index (χ2v) is 15.0. The number of halogens is 2. The predicted molar refractivity (Wildman–Crippen MR) is 144 cm³/mol. The molecule has 0 aliphatic heterocycles. The van der Waals surface area contributed by atoms with E-state index in [-0.39, 0.29) is 8.42 Å². The molecule has 180 valence electrons. The molecule has 34 heavy (non-hydrogen) atoms. The molecule has 2 aromatic carbocycles. The lowest BCUT2D eigenvalue weighted by molar-refractivity contribution is 0.609. The molecule has 0 aliphatic rings. The third-order valence-electron chi connectivity index (χ3n) is 4.94. The average molecular weight is 574 g/mol. The Hall–Kier alpha value is -1.68. The van der Waals surface area contributed by atoms with Crippen molar-refractivity contribution in [1.82, 2.24) is 0 Å². The molecule has 0 fully saturated rings. The molecule has 0 saturated heterocycles. The Labute approximate surface area is 217 Å². The van der Waals surface area contributed by atoms with Crippen molar-refractivity contribution in [1.29, 1.82) is 0 Å². The maximum absolute atomic E-state index is 11.2. The van der Waals surface area contributed by atoms with Crippen molar-refractivity contribution in [3.05, 3.63) is 83.9 Å². The lowest BCUT2D eigenvalue weighted by Gasteiger charge is -1.99. The molecule has 2 heterocycles. The molecule has 0 bridgehead atoms. The van der Waals surface area contributed by atoms with E-state index in [1.165, 1.54) is 45.9 Å². The highest BCUT2D eigenvalue weighted by atomic mass is 35.7. The van der Waals surface area contributed by atoms with Crippen molar-refractivity contribution in [3.8, 4) is 20.9 Å². The van der Waals surface area contributed by atoms with Gasteiger partial charge in [0, 0.05) is 31.1 Å². The third-order valence-corrected chi connectivity index (χ3v) is 11.4. The minimum absolute atomic E-state index is 0.189. The number of hydrogen-bond donors (Lipinski definition) is 0. The molecule has 4 aromatic rings. The normalized spacial score (nSPS) is 11.6. The molecular weight excluding hydrogens is 551 g/mol. The molecule has 10 heteroatoms. The molecule has 4 rings (SSSR count). The van der Waals surface area contributed by atoms with Gasteiger partial charge >= 0.3 is 0 Å². The molecule has 0 spiro atoms. The van der Waals surface area contributed by atoms with E-state index < -0.39 is 18.1 Å². The second kappa shape index (κ2) is 11.4. The van der Waals surface area contributed by atoms with Crippen molar-refractivity contribution in [2.75, 3.05) is 0 Å². The minimum Gasteiger partial charge on any atom is -0.206 e. The fourth-order valence-electron chi connectivity index (χ4n) is 3.02. The first-order valence-corrected chi connectivity index (χ1v) is 16.5. The smallest absolute Gasteiger partial charge is 0.206 e. The summed E-state index contributed by atoms with van der Waals surface area (Å²) in [7, 11) is 3.36. The van der Waals surface area contributed by atoms with Crippen molar-refractivity contribution in [2.45, 2.75) is 35.1 Å². The zero-order valence-electron chi connectivity index (χ0n) is 18.4. The summed E-state index contributed by atoms with van der Waals surface area (Å²) < 4.78 is 45.0. The summed E-state index contributed by atoms with van der Waals surface area (Å²) in [5, 5.41) is 0. The van der Waals surface area contributed by atoms with Crippen LogP contribution in [0.5, 0.6) is 0 Å². The number of benzene rings is 2. The first-order valence-electron chi connectivity index (χ1n) is 10.3. The molecule has 2 aromatic heterocycles. The third kappa shape index (κ3) is 7.16. The number of thiophene rings is 2. The SMILES string of the molecule is CCc1ccc(-c2ccc(S(=O)(=O)Cl)s2)cc1.CCc1ccc(-c2ccc(S(=O)(=O)Cl)s2)cc1. The van der Waals surface area contributed by atoms with E-state index in [9.17, 15) is 16.8 Å². The molecule has 0 N–H and O–H groups in total. The Bertz CT molecular complexity index is 1340. The zero-order valence-corrected chi connectivity index (χ0v) is 23.1. The topological polar surface area (TPSA) is 68.3 Å². The van der Waals surface area contributed by atoms with E-state index in [0.717, 1.165) is 33.7 Å². The Morgan fingerprint density at radius 2 is 0.882 bits per heavy atom. The largest absolute Gasteiger partial charge is 0.270 e. The van der Waals surface area contributed by atoms with Crippen LogP contribution in [0.2, 0.25) is 0 Å². The van der Waals surface area contributed by atoms with Crippen LogP contribution in [-0.4, -0.2) is 16.8 Å². The second-order valence-electron chi connectivity index (χ2n) is 7.21. The summed E-state index contributed by atoms with van der Waals surface area (Å²) in [5.74, 6) is 0. The highest BCUT2D eigenvalue weighted by molar-refractivity contribution is 8.15. The quantitative estimate of drug-likeness (QED) is 0.221. The predicted octanol–water partition coefficient (Wildman–Crippen LogP) is 7.81. The summed E-state index contributed by atoms with van der Waals surface area (Å²) in [5.41, 5.74) is 4.54. The van der Waals surface area contributed by atoms with Gasteiger partial charge in [-0.3, -0.25) is 0 Å². The first kappa shape index (κ1) is 26.9.